The number of nitrogens with zero attached hydrogens (tertiary/aromatic N) is 6. The molecular formula is C21H26N6O2S. The van der Waals surface area contributed by atoms with Crippen LogP contribution in [0.5, 0.6) is 0 Å². The predicted octanol–water partition coefficient (Wildman–Crippen LogP) is 2.85. The van der Waals surface area contributed by atoms with Crippen molar-refractivity contribution in [2.24, 2.45) is 0 Å². The highest BCUT2D eigenvalue weighted by Crippen LogP contribution is 2.18. The summed E-state index contributed by atoms with van der Waals surface area (Å²) in [6.07, 6.45) is 2.44. The van der Waals surface area contributed by atoms with Crippen molar-refractivity contribution in [3.63, 3.8) is 0 Å². The Kier molecular flexibility index (Phi) is 6.49. The van der Waals surface area contributed by atoms with E-state index in [0.717, 1.165) is 63.2 Å². The molecule has 1 fully saturated rings. The van der Waals surface area contributed by atoms with Gasteiger partial charge in [0.05, 0.1) is 5.69 Å². The van der Waals surface area contributed by atoms with Crippen molar-refractivity contribution in [1.82, 2.24) is 29.5 Å². The average molecular weight is 427 g/mol. The molecule has 3 aromatic rings. The molecule has 1 aromatic carbocycles. The van der Waals surface area contributed by atoms with Crippen LogP contribution >= 0.6 is 11.5 Å². The van der Waals surface area contributed by atoms with Crippen LogP contribution in [-0.2, 0) is 12.8 Å². The third-order valence-electron chi connectivity index (χ3n) is 5.39. The van der Waals surface area contributed by atoms with E-state index in [2.05, 4.69) is 31.6 Å². The van der Waals surface area contributed by atoms with Crippen molar-refractivity contribution in [3.05, 3.63) is 46.3 Å². The Morgan fingerprint density at radius 3 is 2.67 bits per heavy atom. The van der Waals surface area contributed by atoms with Gasteiger partial charge in [-0.2, -0.15) is 4.98 Å². The van der Waals surface area contributed by atoms with Crippen LogP contribution in [0.25, 0.3) is 11.4 Å². The standard InChI is InChI=1S/C21H26N6O2S/c1-3-17-19(30-25-23-17)21(28)27-13-11-26(12-14-27)10-4-5-18-22-20(24-29-18)16-8-6-15(2)7-9-16/h6-9H,3-5,10-14H2,1-2H3. The van der Waals surface area contributed by atoms with Gasteiger partial charge in [0.15, 0.2) is 0 Å². The number of aryl methyl sites for hydroxylation is 3. The molecule has 3 heterocycles. The van der Waals surface area contributed by atoms with Gasteiger partial charge in [-0.25, -0.2) is 0 Å². The summed E-state index contributed by atoms with van der Waals surface area (Å²) in [5, 5.41) is 8.15. The summed E-state index contributed by atoms with van der Waals surface area (Å²) in [5.41, 5.74) is 2.98. The molecule has 0 spiro atoms. The minimum Gasteiger partial charge on any atom is -0.339 e. The average Bonchev–Trinajstić information content (AvgIpc) is 3.44. The number of aromatic nitrogens is 4. The first kappa shape index (κ1) is 20.6. The number of carbonyl (C=O) groups excluding carboxylic acids is 1. The molecule has 8 nitrogen and oxygen atoms in total. The third kappa shape index (κ3) is 4.73. The van der Waals surface area contributed by atoms with Gasteiger partial charge in [0, 0.05) is 38.2 Å². The first-order valence-electron chi connectivity index (χ1n) is 10.4. The lowest BCUT2D eigenvalue weighted by Gasteiger charge is -2.34. The van der Waals surface area contributed by atoms with Gasteiger partial charge in [0.1, 0.15) is 4.88 Å². The zero-order chi connectivity index (χ0) is 20.9. The van der Waals surface area contributed by atoms with E-state index in [9.17, 15) is 4.79 Å². The minimum absolute atomic E-state index is 0.0657. The summed E-state index contributed by atoms with van der Waals surface area (Å²) in [5.74, 6) is 1.38. The lowest BCUT2D eigenvalue weighted by molar-refractivity contribution is 0.0639. The van der Waals surface area contributed by atoms with E-state index in [0.29, 0.717) is 16.6 Å². The Hall–Kier alpha value is -2.65. The van der Waals surface area contributed by atoms with E-state index in [-0.39, 0.29) is 5.91 Å². The smallest absolute Gasteiger partial charge is 0.267 e. The SMILES string of the molecule is CCc1nnsc1C(=O)N1CCN(CCCc2nc(-c3ccc(C)cc3)no2)CC1. The number of hydrogen-bond donors (Lipinski definition) is 0. The highest BCUT2D eigenvalue weighted by atomic mass is 32.1. The van der Waals surface area contributed by atoms with Gasteiger partial charge in [0.25, 0.3) is 5.91 Å². The molecule has 0 atom stereocenters. The van der Waals surface area contributed by atoms with Gasteiger partial charge in [-0.3, -0.25) is 9.69 Å². The first-order valence-corrected chi connectivity index (χ1v) is 11.1. The Balaban J connectivity index is 1.22. The van der Waals surface area contributed by atoms with Crippen LogP contribution in [0.3, 0.4) is 0 Å². The van der Waals surface area contributed by atoms with E-state index in [1.165, 1.54) is 17.1 Å². The zero-order valence-electron chi connectivity index (χ0n) is 17.4. The molecule has 30 heavy (non-hydrogen) atoms. The van der Waals surface area contributed by atoms with Crippen LogP contribution < -0.4 is 0 Å². The fourth-order valence-electron chi connectivity index (χ4n) is 3.55. The molecule has 1 amide bonds. The maximum atomic E-state index is 12.7. The fourth-order valence-corrected chi connectivity index (χ4v) is 4.27. The van der Waals surface area contributed by atoms with Crippen LogP contribution in [0.2, 0.25) is 0 Å². The first-order chi connectivity index (χ1) is 14.6. The van der Waals surface area contributed by atoms with Gasteiger partial charge >= 0.3 is 0 Å². The Morgan fingerprint density at radius 1 is 1.17 bits per heavy atom. The molecule has 0 radical (unpaired) electrons. The lowest BCUT2D eigenvalue weighted by Crippen LogP contribution is -2.48. The van der Waals surface area contributed by atoms with Gasteiger partial charge in [-0.15, -0.1) is 5.10 Å². The van der Waals surface area contributed by atoms with Crippen molar-refractivity contribution in [1.29, 1.82) is 0 Å². The molecule has 0 N–H and O–H groups in total. The largest absolute Gasteiger partial charge is 0.339 e. The number of benzene rings is 1. The molecule has 1 saturated heterocycles. The van der Waals surface area contributed by atoms with Crippen molar-refractivity contribution in [3.8, 4) is 11.4 Å². The van der Waals surface area contributed by atoms with Crippen molar-refractivity contribution >= 4 is 17.4 Å². The summed E-state index contributed by atoms with van der Waals surface area (Å²) in [6.45, 7) is 8.22. The summed E-state index contributed by atoms with van der Waals surface area (Å²) < 4.78 is 9.34. The molecule has 9 heteroatoms. The Labute approximate surface area is 180 Å². The summed E-state index contributed by atoms with van der Waals surface area (Å²) in [6, 6.07) is 8.11. The summed E-state index contributed by atoms with van der Waals surface area (Å²) in [7, 11) is 0. The van der Waals surface area contributed by atoms with Crippen LogP contribution in [0.1, 0.15) is 40.2 Å². The fraction of sp³-hybridized carbons (Fsp3) is 0.476. The second-order valence-electron chi connectivity index (χ2n) is 7.52. The van der Waals surface area contributed by atoms with E-state index >= 15 is 0 Å². The number of amides is 1. The molecule has 4 rings (SSSR count). The molecule has 158 valence electrons. The molecule has 0 bridgehead atoms. The van der Waals surface area contributed by atoms with Crippen molar-refractivity contribution in [2.75, 3.05) is 32.7 Å². The predicted molar refractivity (Wildman–Crippen MR) is 114 cm³/mol. The molecular weight excluding hydrogens is 400 g/mol. The zero-order valence-corrected chi connectivity index (χ0v) is 18.2. The second-order valence-corrected chi connectivity index (χ2v) is 8.27. The highest BCUT2D eigenvalue weighted by molar-refractivity contribution is 7.08. The summed E-state index contributed by atoms with van der Waals surface area (Å²) in [4.78, 5) is 22.2. The lowest BCUT2D eigenvalue weighted by atomic mass is 10.1. The van der Waals surface area contributed by atoms with E-state index in [1.807, 2.05) is 36.1 Å². The molecule has 1 aliphatic heterocycles. The molecule has 0 aliphatic carbocycles. The second kappa shape index (κ2) is 9.44. The quantitative estimate of drug-likeness (QED) is 0.574. The third-order valence-corrected chi connectivity index (χ3v) is 6.14. The Morgan fingerprint density at radius 2 is 1.93 bits per heavy atom. The van der Waals surface area contributed by atoms with Crippen molar-refractivity contribution in [2.45, 2.75) is 33.1 Å². The van der Waals surface area contributed by atoms with Crippen LogP contribution in [0.15, 0.2) is 28.8 Å². The van der Waals surface area contributed by atoms with E-state index in [1.54, 1.807) is 0 Å². The van der Waals surface area contributed by atoms with E-state index in [4.69, 9.17) is 4.52 Å². The molecule has 2 aromatic heterocycles. The number of piperazine rings is 1. The molecule has 0 saturated carbocycles. The topological polar surface area (TPSA) is 88.3 Å². The van der Waals surface area contributed by atoms with Gasteiger partial charge in [0.2, 0.25) is 11.7 Å². The monoisotopic (exact) mass is 426 g/mol. The molecule has 0 unspecified atom stereocenters. The van der Waals surface area contributed by atoms with Gasteiger partial charge in [-0.1, -0.05) is 46.4 Å². The van der Waals surface area contributed by atoms with Crippen LogP contribution in [-0.4, -0.2) is 68.2 Å². The number of carbonyl (C=O) groups is 1. The number of rotatable bonds is 7. The Bertz CT molecular complexity index is 976. The van der Waals surface area contributed by atoms with Crippen LogP contribution in [0.4, 0.5) is 0 Å². The van der Waals surface area contributed by atoms with E-state index < -0.39 is 0 Å². The highest BCUT2D eigenvalue weighted by Gasteiger charge is 2.25. The summed E-state index contributed by atoms with van der Waals surface area (Å²) >= 11 is 1.20. The van der Waals surface area contributed by atoms with Crippen LogP contribution in [0, 0.1) is 6.92 Å². The number of hydrogen-bond acceptors (Lipinski definition) is 8. The molecule has 1 aliphatic rings. The minimum atomic E-state index is 0.0657. The van der Waals surface area contributed by atoms with Crippen molar-refractivity contribution < 1.29 is 9.32 Å². The maximum Gasteiger partial charge on any atom is 0.267 e. The van der Waals surface area contributed by atoms with Gasteiger partial charge in [-0.05, 0) is 37.8 Å². The van der Waals surface area contributed by atoms with Gasteiger partial charge < -0.3 is 9.42 Å². The maximum absolute atomic E-state index is 12.7. The normalized spacial score (nSPS) is 14.9.